The van der Waals surface area contributed by atoms with Crippen molar-refractivity contribution in [3.05, 3.63) is 87.2 Å². The van der Waals surface area contributed by atoms with Crippen molar-refractivity contribution in [2.75, 3.05) is 19.0 Å². The molecule has 194 valence electrons. The van der Waals surface area contributed by atoms with Crippen molar-refractivity contribution in [2.24, 2.45) is 5.10 Å². The van der Waals surface area contributed by atoms with E-state index in [4.69, 9.17) is 14.6 Å². The van der Waals surface area contributed by atoms with Gasteiger partial charge in [-0.25, -0.2) is 15.2 Å². The van der Waals surface area contributed by atoms with Crippen LogP contribution in [0, 0.1) is 6.92 Å². The number of methoxy groups -OCH3 is 1. The first-order valence-corrected chi connectivity index (χ1v) is 12.9. The van der Waals surface area contributed by atoms with Crippen LogP contribution in [0.2, 0.25) is 0 Å². The summed E-state index contributed by atoms with van der Waals surface area (Å²) in [7, 11) is 1.44. The SMILES string of the molecule is COc1cc(/C=N\NC(=O)c2ccc(-c3csc(Nc4ccc(C)cc4)n3)cc2)c(Br)cc1OCC(=O)O. The number of carbonyl (C=O) groups excluding carboxylic acids is 1. The van der Waals surface area contributed by atoms with E-state index in [1.807, 2.05) is 48.7 Å². The number of aliphatic carboxylic acids is 1. The summed E-state index contributed by atoms with van der Waals surface area (Å²) < 4.78 is 11.1. The largest absolute Gasteiger partial charge is 0.493 e. The average Bonchev–Trinajstić information content (AvgIpc) is 3.38. The normalized spacial score (nSPS) is 10.8. The highest BCUT2D eigenvalue weighted by atomic mass is 79.9. The van der Waals surface area contributed by atoms with Crippen LogP contribution in [0.3, 0.4) is 0 Å². The Morgan fingerprint density at radius 2 is 1.84 bits per heavy atom. The lowest BCUT2D eigenvalue weighted by Gasteiger charge is -2.11. The summed E-state index contributed by atoms with van der Waals surface area (Å²) >= 11 is 4.89. The minimum atomic E-state index is -1.10. The van der Waals surface area contributed by atoms with Gasteiger partial charge in [0.1, 0.15) is 0 Å². The summed E-state index contributed by atoms with van der Waals surface area (Å²) in [6.07, 6.45) is 1.44. The molecular formula is C27H23BrN4O5S. The maximum Gasteiger partial charge on any atom is 0.341 e. The molecule has 1 aromatic heterocycles. The number of ether oxygens (including phenoxy) is 2. The fourth-order valence-corrected chi connectivity index (χ4v) is 4.47. The lowest BCUT2D eigenvalue weighted by Crippen LogP contribution is -2.17. The number of carboxylic acid groups (broad SMARTS) is 1. The van der Waals surface area contributed by atoms with E-state index < -0.39 is 12.6 Å². The number of hydrazone groups is 1. The van der Waals surface area contributed by atoms with E-state index in [2.05, 4.69) is 36.8 Å². The van der Waals surface area contributed by atoms with E-state index in [0.29, 0.717) is 21.3 Å². The van der Waals surface area contributed by atoms with Crippen LogP contribution in [-0.4, -0.2) is 41.9 Å². The number of amides is 1. The van der Waals surface area contributed by atoms with Gasteiger partial charge in [-0.1, -0.05) is 29.8 Å². The Kier molecular flexibility index (Phi) is 8.72. The van der Waals surface area contributed by atoms with Crippen LogP contribution < -0.4 is 20.2 Å². The maximum atomic E-state index is 12.6. The number of rotatable bonds is 10. The molecule has 0 saturated carbocycles. The first-order valence-electron chi connectivity index (χ1n) is 11.3. The minimum absolute atomic E-state index is 0.265. The smallest absolute Gasteiger partial charge is 0.341 e. The van der Waals surface area contributed by atoms with Gasteiger partial charge in [-0.05, 0) is 59.3 Å². The standard InChI is InChI=1S/C27H23BrN4O5S/c1-16-3-9-20(10-4-16)30-27-31-22(15-38-27)17-5-7-18(8-6-17)26(35)32-29-13-19-11-23(36-2)24(12-21(19)28)37-14-25(33)34/h3-13,15H,14H2,1-2H3,(H,30,31)(H,32,35)(H,33,34)/b29-13-. The molecule has 0 saturated heterocycles. The van der Waals surface area contributed by atoms with E-state index in [1.54, 1.807) is 24.3 Å². The second-order valence-electron chi connectivity index (χ2n) is 8.01. The van der Waals surface area contributed by atoms with E-state index in [9.17, 15) is 9.59 Å². The third kappa shape index (κ3) is 6.96. The molecule has 0 fully saturated rings. The van der Waals surface area contributed by atoms with Crippen molar-refractivity contribution < 1.29 is 24.2 Å². The molecule has 3 N–H and O–H groups in total. The summed E-state index contributed by atoms with van der Waals surface area (Å²) in [6.45, 7) is 1.54. The van der Waals surface area contributed by atoms with Gasteiger partial charge in [0.2, 0.25) is 0 Å². The maximum absolute atomic E-state index is 12.6. The molecule has 3 aromatic carbocycles. The van der Waals surface area contributed by atoms with Gasteiger partial charge in [0, 0.05) is 32.2 Å². The van der Waals surface area contributed by atoms with Crippen LogP contribution in [-0.2, 0) is 4.79 Å². The van der Waals surface area contributed by atoms with Crippen molar-refractivity contribution in [3.8, 4) is 22.8 Å². The number of aryl methyl sites for hydroxylation is 1. The Morgan fingerprint density at radius 1 is 1.11 bits per heavy atom. The highest BCUT2D eigenvalue weighted by Gasteiger charge is 2.12. The van der Waals surface area contributed by atoms with Crippen molar-refractivity contribution >= 4 is 56.2 Å². The average molecular weight is 595 g/mol. The Bertz CT molecular complexity index is 1470. The molecule has 0 radical (unpaired) electrons. The fourth-order valence-electron chi connectivity index (χ4n) is 3.30. The van der Waals surface area contributed by atoms with E-state index in [1.165, 1.54) is 30.2 Å². The van der Waals surface area contributed by atoms with E-state index in [0.717, 1.165) is 22.1 Å². The number of hydrogen-bond donors (Lipinski definition) is 3. The number of thiazole rings is 1. The van der Waals surface area contributed by atoms with Crippen LogP contribution in [0.15, 0.2) is 75.6 Å². The molecule has 0 unspecified atom stereocenters. The number of anilines is 2. The summed E-state index contributed by atoms with van der Waals surface area (Å²) in [4.78, 5) is 28.0. The molecule has 11 heteroatoms. The van der Waals surface area contributed by atoms with Gasteiger partial charge in [-0.2, -0.15) is 5.10 Å². The van der Waals surface area contributed by atoms with Crippen molar-refractivity contribution in [1.82, 2.24) is 10.4 Å². The molecule has 0 atom stereocenters. The fraction of sp³-hybridized carbons (Fsp3) is 0.111. The molecule has 0 aliphatic heterocycles. The molecule has 0 bridgehead atoms. The zero-order chi connectivity index (χ0) is 27.1. The molecule has 0 aliphatic carbocycles. The lowest BCUT2D eigenvalue weighted by atomic mass is 10.1. The first kappa shape index (κ1) is 26.8. The van der Waals surface area contributed by atoms with Crippen LogP contribution in [0.5, 0.6) is 11.5 Å². The highest BCUT2D eigenvalue weighted by Crippen LogP contribution is 2.33. The number of nitrogens with zero attached hydrogens (tertiary/aromatic N) is 2. The summed E-state index contributed by atoms with van der Waals surface area (Å²) in [6, 6.07) is 18.4. The topological polar surface area (TPSA) is 122 Å². The number of carboxylic acids is 1. The number of benzene rings is 3. The van der Waals surface area contributed by atoms with Gasteiger partial charge in [0.05, 0.1) is 19.0 Å². The Balaban J connectivity index is 1.37. The van der Waals surface area contributed by atoms with Crippen LogP contribution in [0.25, 0.3) is 11.3 Å². The van der Waals surface area contributed by atoms with Crippen LogP contribution >= 0.6 is 27.3 Å². The van der Waals surface area contributed by atoms with Gasteiger partial charge < -0.3 is 19.9 Å². The molecule has 0 aliphatic rings. The number of carbonyl (C=O) groups is 2. The van der Waals surface area contributed by atoms with Crippen molar-refractivity contribution in [2.45, 2.75) is 6.92 Å². The van der Waals surface area contributed by atoms with E-state index >= 15 is 0 Å². The zero-order valence-corrected chi connectivity index (χ0v) is 22.8. The second kappa shape index (κ2) is 12.3. The van der Waals surface area contributed by atoms with Gasteiger partial charge in [-0.3, -0.25) is 4.79 Å². The molecule has 9 nitrogen and oxygen atoms in total. The molecule has 1 amide bonds. The van der Waals surface area contributed by atoms with Gasteiger partial charge in [0.25, 0.3) is 5.91 Å². The summed E-state index contributed by atoms with van der Waals surface area (Å²) in [5, 5.41) is 18.9. The third-order valence-electron chi connectivity index (χ3n) is 5.25. The Hall–Kier alpha value is -4.22. The molecule has 4 rings (SSSR count). The van der Waals surface area contributed by atoms with E-state index in [-0.39, 0.29) is 11.7 Å². The quantitative estimate of drug-likeness (QED) is 0.155. The lowest BCUT2D eigenvalue weighted by molar-refractivity contribution is -0.139. The third-order valence-corrected chi connectivity index (χ3v) is 6.70. The number of nitrogens with one attached hydrogen (secondary N) is 2. The molecule has 4 aromatic rings. The predicted octanol–water partition coefficient (Wildman–Crippen LogP) is 5.86. The molecule has 0 spiro atoms. The predicted molar refractivity (Wildman–Crippen MR) is 151 cm³/mol. The first-order chi connectivity index (χ1) is 18.3. The van der Waals surface area contributed by atoms with Crippen LogP contribution in [0.1, 0.15) is 21.5 Å². The molecular weight excluding hydrogens is 572 g/mol. The van der Waals surface area contributed by atoms with Gasteiger partial charge >= 0.3 is 5.97 Å². The van der Waals surface area contributed by atoms with Crippen molar-refractivity contribution in [3.63, 3.8) is 0 Å². The van der Waals surface area contributed by atoms with Crippen LogP contribution in [0.4, 0.5) is 10.8 Å². The number of aromatic nitrogens is 1. The summed E-state index contributed by atoms with van der Waals surface area (Å²) in [5.74, 6) is -0.883. The number of halogens is 1. The van der Waals surface area contributed by atoms with Gasteiger partial charge in [0.15, 0.2) is 23.2 Å². The van der Waals surface area contributed by atoms with Crippen molar-refractivity contribution in [1.29, 1.82) is 0 Å². The molecule has 38 heavy (non-hydrogen) atoms. The monoisotopic (exact) mass is 594 g/mol. The molecule has 1 heterocycles. The summed E-state index contributed by atoms with van der Waals surface area (Å²) in [5.41, 5.74) is 7.39. The second-order valence-corrected chi connectivity index (χ2v) is 9.72. The Labute approximate surface area is 231 Å². The zero-order valence-electron chi connectivity index (χ0n) is 20.4. The van der Waals surface area contributed by atoms with Gasteiger partial charge in [-0.15, -0.1) is 11.3 Å². The number of hydrogen-bond acceptors (Lipinski definition) is 8. The highest BCUT2D eigenvalue weighted by molar-refractivity contribution is 9.10. The minimum Gasteiger partial charge on any atom is -0.493 e. The Morgan fingerprint density at radius 3 is 2.53 bits per heavy atom.